The molecule has 0 spiro atoms. The van der Waals surface area contributed by atoms with Crippen molar-refractivity contribution in [1.82, 2.24) is 0 Å². The van der Waals surface area contributed by atoms with Crippen molar-refractivity contribution < 1.29 is 23.7 Å². The lowest BCUT2D eigenvalue weighted by atomic mass is 10.1. The van der Waals surface area contributed by atoms with Crippen LogP contribution in [0.15, 0.2) is 146 Å². The second-order valence-corrected chi connectivity index (χ2v) is 8.50. The highest BCUT2D eigenvalue weighted by Gasteiger charge is 2.51. The molecule has 5 aromatic carbocycles. The SMILES string of the molecule is O=C(Oc1ccc(Cc2ccccc2)cc1)C(Oc1ccccc1)(Oc1ccccc1)Oc1ccccc1. The molecule has 0 amide bonds. The minimum atomic E-state index is -2.27. The molecule has 0 saturated carbocycles. The van der Waals surface area contributed by atoms with E-state index in [0.29, 0.717) is 23.0 Å². The summed E-state index contributed by atoms with van der Waals surface area (Å²) in [5.41, 5.74) is 2.28. The molecule has 0 aliphatic rings. The molecule has 0 bridgehead atoms. The predicted octanol–water partition coefficient (Wildman–Crippen LogP) is 7.07. The molecule has 38 heavy (non-hydrogen) atoms. The molecule has 0 atom stereocenters. The summed E-state index contributed by atoms with van der Waals surface area (Å²) in [7, 11) is 0. The van der Waals surface area contributed by atoms with Gasteiger partial charge in [-0.25, -0.2) is 4.79 Å². The van der Waals surface area contributed by atoms with Gasteiger partial charge in [0.25, 0.3) is 0 Å². The van der Waals surface area contributed by atoms with Crippen LogP contribution in [0.3, 0.4) is 0 Å². The first-order valence-corrected chi connectivity index (χ1v) is 12.3. The summed E-state index contributed by atoms with van der Waals surface area (Å²) in [4.78, 5) is 13.8. The van der Waals surface area contributed by atoms with E-state index in [0.717, 1.165) is 12.0 Å². The van der Waals surface area contributed by atoms with Gasteiger partial charge in [0.2, 0.25) is 0 Å². The van der Waals surface area contributed by atoms with Gasteiger partial charge in [0, 0.05) is 0 Å². The van der Waals surface area contributed by atoms with Gasteiger partial charge in [-0.1, -0.05) is 97.1 Å². The van der Waals surface area contributed by atoms with Crippen LogP contribution in [0, 0.1) is 0 Å². The van der Waals surface area contributed by atoms with Crippen molar-refractivity contribution in [2.24, 2.45) is 0 Å². The summed E-state index contributed by atoms with van der Waals surface area (Å²) in [5, 5.41) is 0. The molecule has 0 radical (unpaired) electrons. The number of ether oxygens (including phenoxy) is 4. The zero-order chi connectivity index (χ0) is 26.0. The van der Waals surface area contributed by atoms with E-state index >= 15 is 0 Å². The van der Waals surface area contributed by atoms with E-state index in [4.69, 9.17) is 18.9 Å². The van der Waals surface area contributed by atoms with E-state index in [1.165, 1.54) is 5.56 Å². The molecule has 0 aliphatic carbocycles. The highest BCUT2D eigenvalue weighted by Crippen LogP contribution is 2.29. The van der Waals surface area contributed by atoms with Gasteiger partial charge in [-0.2, -0.15) is 0 Å². The van der Waals surface area contributed by atoms with Crippen LogP contribution in [0.2, 0.25) is 0 Å². The first-order valence-electron chi connectivity index (χ1n) is 12.3. The number of carbonyl (C=O) groups excluding carboxylic acids is 1. The number of carbonyl (C=O) groups is 1. The van der Waals surface area contributed by atoms with Crippen molar-refractivity contribution in [3.63, 3.8) is 0 Å². The van der Waals surface area contributed by atoms with Crippen LogP contribution in [0.4, 0.5) is 0 Å². The lowest BCUT2D eigenvalue weighted by molar-refractivity contribution is -0.253. The van der Waals surface area contributed by atoms with Crippen LogP contribution in [0.5, 0.6) is 23.0 Å². The van der Waals surface area contributed by atoms with Gasteiger partial charge < -0.3 is 18.9 Å². The second kappa shape index (κ2) is 11.8. The maximum Gasteiger partial charge on any atom is 0.524 e. The number of para-hydroxylation sites is 3. The maximum atomic E-state index is 13.8. The zero-order valence-corrected chi connectivity index (χ0v) is 20.6. The number of hydrogen-bond donors (Lipinski definition) is 0. The van der Waals surface area contributed by atoms with E-state index < -0.39 is 11.9 Å². The standard InChI is InChI=1S/C33H26O5/c34-32(35-28-23-21-27(22-24-28)25-26-13-5-1-6-14-26)33(36-29-15-7-2-8-16-29,37-30-17-9-3-10-18-30)38-31-19-11-4-12-20-31/h1-24H,25H2. The first kappa shape index (κ1) is 24.7. The average molecular weight is 503 g/mol. The molecule has 5 heteroatoms. The van der Waals surface area contributed by atoms with E-state index in [1.54, 1.807) is 84.9 Å². The lowest BCUT2D eigenvalue weighted by Gasteiger charge is -2.31. The Labute approximate surface area is 221 Å². The Kier molecular flexibility index (Phi) is 7.66. The lowest BCUT2D eigenvalue weighted by Crippen LogP contribution is -2.57. The normalized spacial score (nSPS) is 10.8. The third kappa shape index (κ3) is 6.39. The summed E-state index contributed by atoms with van der Waals surface area (Å²) in [6, 6.07) is 44.1. The summed E-state index contributed by atoms with van der Waals surface area (Å²) in [6.45, 7) is 0. The van der Waals surface area contributed by atoms with E-state index in [2.05, 4.69) is 12.1 Å². The Bertz CT molecular complexity index is 1320. The molecular weight excluding hydrogens is 476 g/mol. The van der Waals surface area contributed by atoms with Crippen LogP contribution in [-0.4, -0.2) is 11.9 Å². The Morgan fingerprint density at radius 3 is 1.24 bits per heavy atom. The van der Waals surface area contributed by atoms with Crippen molar-refractivity contribution in [3.8, 4) is 23.0 Å². The third-order valence-corrected chi connectivity index (χ3v) is 5.62. The van der Waals surface area contributed by atoms with Gasteiger partial charge in [-0.3, -0.25) is 0 Å². The van der Waals surface area contributed by atoms with Gasteiger partial charge in [0.1, 0.15) is 23.0 Å². The Balaban J connectivity index is 1.45. The monoisotopic (exact) mass is 502 g/mol. The molecule has 5 aromatic rings. The first-order chi connectivity index (χ1) is 18.7. The fourth-order valence-corrected chi connectivity index (χ4v) is 3.80. The highest BCUT2D eigenvalue weighted by molar-refractivity contribution is 5.80. The van der Waals surface area contributed by atoms with Crippen LogP contribution < -0.4 is 18.9 Å². The fourth-order valence-electron chi connectivity index (χ4n) is 3.80. The van der Waals surface area contributed by atoms with Crippen molar-refractivity contribution in [1.29, 1.82) is 0 Å². The molecule has 0 fully saturated rings. The van der Waals surface area contributed by atoms with Crippen LogP contribution >= 0.6 is 0 Å². The number of rotatable bonds is 10. The summed E-state index contributed by atoms with van der Waals surface area (Å²) >= 11 is 0. The molecule has 188 valence electrons. The largest absolute Gasteiger partial charge is 0.524 e. The molecule has 0 saturated heterocycles. The minimum Gasteiger partial charge on any atom is -0.418 e. The molecular formula is C33H26O5. The van der Waals surface area contributed by atoms with Crippen LogP contribution in [0.25, 0.3) is 0 Å². The molecule has 5 nitrogen and oxygen atoms in total. The fraction of sp³-hybridized carbons (Fsp3) is 0.0606. The highest BCUT2D eigenvalue weighted by atomic mass is 16.9. The predicted molar refractivity (Wildman–Crippen MR) is 145 cm³/mol. The molecule has 0 aliphatic heterocycles. The third-order valence-electron chi connectivity index (χ3n) is 5.62. The van der Waals surface area contributed by atoms with Crippen molar-refractivity contribution >= 4 is 5.97 Å². The van der Waals surface area contributed by atoms with Gasteiger partial charge in [0.15, 0.2) is 0 Å². The van der Waals surface area contributed by atoms with Gasteiger partial charge in [0.05, 0.1) is 0 Å². The summed E-state index contributed by atoms with van der Waals surface area (Å²) in [6.07, 6.45) is 0.768. The number of esters is 1. The van der Waals surface area contributed by atoms with Crippen molar-refractivity contribution in [2.75, 3.05) is 0 Å². The Morgan fingerprint density at radius 1 is 0.447 bits per heavy atom. The van der Waals surface area contributed by atoms with E-state index in [-0.39, 0.29) is 0 Å². The quantitative estimate of drug-likeness (QED) is 0.116. The van der Waals surface area contributed by atoms with Crippen LogP contribution in [-0.2, 0) is 11.2 Å². The molecule has 0 heterocycles. The average Bonchev–Trinajstić information content (AvgIpc) is 2.96. The molecule has 0 N–H and O–H groups in total. The van der Waals surface area contributed by atoms with Crippen molar-refractivity contribution in [2.45, 2.75) is 12.4 Å². The summed E-state index contributed by atoms with van der Waals surface area (Å²) in [5.74, 6) is -1.70. The molecule has 5 rings (SSSR count). The molecule has 0 aromatic heterocycles. The van der Waals surface area contributed by atoms with Crippen molar-refractivity contribution in [3.05, 3.63) is 157 Å². The smallest absolute Gasteiger partial charge is 0.418 e. The second-order valence-electron chi connectivity index (χ2n) is 8.50. The van der Waals surface area contributed by atoms with E-state index in [9.17, 15) is 4.79 Å². The minimum absolute atomic E-state index is 0.334. The topological polar surface area (TPSA) is 54.0 Å². The Hall–Kier alpha value is -5.03. The van der Waals surface area contributed by atoms with Gasteiger partial charge >= 0.3 is 11.9 Å². The number of hydrogen-bond acceptors (Lipinski definition) is 5. The number of benzene rings is 5. The van der Waals surface area contributed by atoms with Gasteiger partial charge in [-0.15, -0.1) is 0 Å². The van der Waals surface area contributed by atoms with E-state index in [1.807, 2.05) is 48.5 Å². The summed E-state index contributed by atoms with van der Waals surface area (Å²) < 4.78 is 24.2. The zero-order valence-electron chi connectivity index (χ0n) is 20.6. The van der Waals surface area contributed by atoms with Crippen LogP contribution in [0.1, 0.15) is 11.1 Å². The van der Waals surface area contributed by atoms with Gasteiger partial charge in [-0.05, 0) is 66.1 Å². The Morgan fingerprint density at radius 2 is 0.816 bits per heavy atom. The molecule has 0 unspecified atom stereocenters. The maximum absolute atomic E-state index is 13.8.